The van der Waals surface area contributed by atoms with Crippen LogP contribution < -0.4 is 5.73 Å². The summed E-state index contributed by atoms with van der Waals surface area (Å²) in [6.07, 6.45) is 0.413. The number of nitrogens with zero attached hydrogens (tertiary/aromatic N) is 1. The predicted molar refractivity (Wildman–Crippen MR) is 74.6 cm³/mol. The molecule has 1 saturated heterocycles. The lowest BCUT2D eigenvalue weighted by molar-refractivity contribution is -0.145. The van der Waals surface area contributed by atoms with Crippen LogP contribution in [-0.2, 0) is 22.5 Å². The summed E-state index contributed by atoms with van der Waals surface area (Å²) in [5.74, 6) is 0.147. The van der Waals surface area contributed by atoms with Gasteiger partial charge in [0.25, 0.3) is 0 Å². The number of hydrogen-bond donors (Lipinski definition) is 1. The molecule has 0 saturated carbocycles. The summed E-state index contributed by atoms with van der Waals surface area (Å²) >= 11 is 0. The first kappa shape index (κ1) is 14.0. The molecule has 104 valence electrons. The van der Waals surface area contributed by atoms with Crippen LogP contribution in [0.4, 0.5) is 0 Å². The highest BCUT2D eigenvalue weighted by Gasteiger charge is 2.33. The average molecular weight is 262 g/mol. The third-order valence-electron chi connectivity index (χ3n) is 3.63. The third kappa shape index (κ3) is 3.14. The van der Waals surface area contributed by atoms with Gasteiger partial charge in [-0.3, -0.25) is 4.79 Å². The summed E-state index contributed by atoms with van der Waals surface area (Å²) in [6, 6.07) is 7.86. The quantitative estimate of drug-likeness (QED) is 0.894. The fraction of sp³-hybridized carbons (Fsp3) is 0.533. The van der Waals surface area contributed by atoms with Crippen molar-refractivity contribution in [3.63, 3.8) is 0 Å². The van der Waals surface area contributed by atoms with E-state index in [0.29, 0.717) is 32.7 Å². The second-order valence-corrected chi connectivity index (χ2v) is 5.56. The van der Waals surface area contributed by atoms with Gasteiger partial charge in [0.05, 0.1) is 25.2 Å². The Morgan fingerprint density at radius 3 is 2.68 bits per heavy atom. The molecule has 0 aliphatic carbocycles. The Labute approximate surface area is 114 Å². The van der Waals surface area contributed by atoms with Crippen molar-refractivity contribution in [1.82, 2.24) is 4.90 Å². The average Bonchev–Trinajstić information content (AvgIpc) is 2.38. The number of amides is 1. The maximum absolute atomic E-state index is 12.5. The highest BCUT2D eigenvalue weighted by Crippen LogP contribution is 2.21. The number of rotatable bonds is 3. The van der Waals surface area contributed by atoms with Gasteiger partial charge in [-0.15, -0.1) is 0 Å². The second-order valence-electron chi connectivity index (χ2n) is 5.56. The summed E-state index contributed by atoms with van der Waals surface area (Å²) < 4.78 is 5.45. The monoisotopic (exact) mass is 262 g/mol. The van der Waals surface area contributed by atoms with Crippen molar-refractivity contribution in [1.29, 1.82) is 0 Å². The van der Waals surface area contributed by atoms with Crippen LogP contribution in [0.3, 0.4) is 0 Å². The molecule has 1 aliphatic rings. The number of carbonyl (C=O) groups is 1. The van der Waals surface area contributed by atoms with Gasteiger partial charge in [0, 0.05) is 13.1 Å². The van der Waals surface area contributed by atoms with Gasteiger partial charge in [0.1, 0.15) is 0 Å². The molecule has 4 nitrogen and oxygen atoms in total. The van der Waals surface area contributed by atoms with Crippen molar-refractivity contribution in [2.24, 2.45) is 5.73 Å². The molecule has 0 bridgehead atoms. The normalized spacial score (nSPS) is 18.4. The first-order valence-corrected chi connectivity index (χ1v) is 6.69. The van der Waals surface area contributed by atoms with Crippen molar-refractivity contribution in [3.05, 3.63) is 35.4 Å². The predicted octanol–water partition coefficient (Wildman–Crippen LogP) is 1.33. The fourth-order valence-electron chi connectivity index (χ4n) is 2.51. The lowest BCUT2D eigenvalue weighted by atomic mass is 9.99. The maximum atomic E-state index is 12.5. The first-order valence-electron chi connectivity index (χ1n) is 6.69. The lowest BCUT2D eigenvalue weighted by Gasteiger charge is -2.42. The zero-order valence-electron chi connectivity index (χ0n) is 11.7. The summed E-state index contributed by atoms with van der Waals surface area (Å²) in [6.45, 7) is 6.43. The van der Waals surface area contributed by atoms with E-state index in [9.17, 15) is 4.79 Å². The number of ether oxygens (including phenoxy) is 1. The van der Waals surface area contributed by atoms with E-state index >= 15 is 0 Å². The molecule has 0 atom stereocenters. The minimum absolute atomic E-state index is 0.147. The molecular formula is C15H22N2O2. The van der Waals surface area contributed by atoms with E-state index in [1.807, 2.05) is 43.0 Å². The van der Waals surface area contributed by atoms with E-state index in [4.69, 9.17) is 10.5 Å². The van der Waals surface area contributed by atoms with Crippen LogP contribution in [-0.4, -0.2) is 36.1 Å². The molecule has 0 spiro atoms. The van der Waals surface area contributed by atoms with E-state index in [1.54, 1.807) is 0 Å². The zero-order valence-corrected chi connectivity index (χ0v) is 11.7. The third-order valence-corrected chi connectivity index (χ3v) is 3.63. The highest BCUT2D eigenvalue weighted by atomic mass is 16.5. The van der Waals surface area contributed by atoms with Crippen molar-refractivity contribution < 1.29 is 9.53 Å². The van der Waals surface area contributed by atoms with Crippen LogP contribution in [0.15, 0.2) is 24.3 Å². The minimum atomic E-state index is -0.229. The Bertz CT molecular complexity index is 457. The van der Waals surface area contributed by atoms with Gasteiger partial charge in [-0.25, -0.2) is 0 Å². The fourth-order valence-corrected chi connectivity index (χ4v) is 2.51. The molecule has 1 aromatic carbocycles. The summed E-state index contributed by atoms with van der Waals surface area (Å²) in [5.41, 5.74) is 7.55. The minimum Gasteiger partial charge on any atom is -0.377 e. The van der Waals surface area contributed by atoms with Crippen LogP contribution in [0, 0.1) is 0 Å². The smallest absolute Gasteiger partial charge is 0.227 e. The standard InChI is InChI=1S/C15H22N2O2/c1-15(2)11-19-8-7-17(15)14(18)9-12-5-3-4-6-13(12)10-16/h3-6H,7-11,16H2,1-2H3. The molecular weight excluding hydrogens is 240 g/mol. The molecule has 0 aromatic heterocycles. The second kappa shape index (κ2) is 5.72. The molecule has 0 unspecified atom stereocenters. The number of morpholine rings is 1. The van der Waals surface area contributed by atoms with Gasteiger partial charge in [0.2, 0.25) is 5.91 Å². The Morgan fingerprint density at radius 2 is 2.05 bits per heavy atom. The molecule has 2 N–H and O–H groups in total. The molecule has 0 radical (unpaired) electrons. The number of benzene rings is 1. The number of nitrogens with two attached hydrogens (primary N) is 1. The van der Waals surface area contributed by atoms with E-state index in [-0.39, 0.29) is 11.4 Å². The Kier molecular flexibility index (Phi) is 4.22. The lowest BCUT2D eigenvalue weighted by Crippen LogP contribution is -2.56. The topological polar surface area (TPSA) is 55.6 Å². The van der Waals surface area contributed by atoms with Gasteiger partial charge in [-0.05, 0) is 25.0 Å². The Hall–Kier alpha value is -1.39. The van der Waals surface area contributed by atoms with Gasteiger partial charge >= 0.3 is 0 Å². The molecule has 1 aromatic rings. The maximum Gasteiger partial charge on any atom is 0.227 e. The van der Waals surface area contributed by atoms with E-state index < -0.39 is 0 Å². The molecule has 1 fully saturated rings. The molecule has 2 rings (SSSR count). The van der Waals surface area contributed by atoms with Gasteiger partial charge in [0.15, 0.2) is 0 Å². The van der Waals surface area contributed by atoms with E-state index in [1.165, 1.54) is 0 Å². The van der Waals surface area contributed by atoms with E-state index in [2.05, 4.69) is 0 Å². The molecule has 1 aliphatic heterocycles. The van der Waals surface area contributed by atoms with Crippen LogP contribution in [0.1, 0.15) is 25.0 Å². The number of carbonyl (C=O) groups excluding carboxylic acids is 1. The Morgan fingerprint density at radius 1 is 1.37 bits per heavy atom. The zero-order chi connectivity index (χ0) is 13.9. The van der Waals surface area contributed by atoms with Crippen molar-refractivity contribution >= 4 is 5.91 Å². The molecule has 1 heterocycles. The highest BCUT2D eigenvalue weighted by molar-refractivity contribution is 5.80. The molecule has 19 heavy (non-hydrogen) atoms. The largest absolute Gasteiger partial charge is 0.377 e. The van der Waals surface area contributed by atoms with Crippen molar-refractivity contribution in [3.8, 4) is 0 Å². The van der Waals surface area contributed by atoms with Crippen LogP contribution >= 0.6 is 0 Å². The van der Waals surface area contributed by atoms with Gasteiger partial charge < -0.3 is 15.4 Å². The summed E-state index contributed by atoms with van der Waals surface area (Å²) in [7, 11) is 0. The van der Waals surface area contributed by atoms with Gasteiger partial charge in [-0.2, -0.15) is 0 Å². The summed E-state index contributed by atoms with van der Waals surface area (Å²) in [5, 5.41) is 0. The van der Waals surface area contributed by atoms with Crippen molar-refractivity contribution in [2.45, 2.75) is 32.4 Å². The molecule has 1 amide bonds. The first-order chi connectivity index (χ1) is 9.04. The molecule has 4 heteroatoms. The van der Waals surface area contributed by atoms with E-state index in [0.717, 1.165) is 11.1 Å². The summed E-state index contributed by atoms with van der Waals surface area (Å²) in [4.78, 5) is 14.4. The van der Waals surface area contributed by atoms with Crippen LogP contribution in [0.5, 0.6) is 0 Å². The Balaban J connectivity index is 2.12. The van der Waals surface area contributed by atoms with Crippen molar-refractivity contribution in [2.75, 3.05) is 19.8 Å². The van der Waals surface area contributed by atoms with Gasteiger partial charge in [-0.1, -0.05) is 24.3 Å². The van der Waals surface area contributed by atoms with Crippen LogP contribution in [0.2, 0.25) is 0 Å². The number of hydrogen-bond acceptors (Lipinski definition) is 3. The van der Waals surface area contributed by atoms with Crippen LogP contribution in [0.25, 0.3) is 0 Å². The SMILES string of the molecule is CC1(C)COCCN1C(=O)Cc1ccccc1CN.